The van der Waals surface area contributed by atoms with Crippen molar-refractivity contribution in [1.82, 2.24) is 4.90 Å². The van der Waals surface area contributed by atoms with Crippen molar-refractivity contribution in [2.45, 2.75) is 19.5 Å². The summed E-state index contributed by atoms with van der Waals surface area (Å²) >= 11 is 0. The minimum atomic E-state index is -0.619. The zero-order chi connectivity index (χ0) is 7.14. The van der Waals surface area contributed by atoms with Gasteiger partial charge in [-0.3, -0.25) is 0 Å². The lowest BCUT2D eigenvalue weighted by atomic mass is 10.1. The van der Waals surface area contributed by atoms with Crippen molar-refractivity contribution in [1.29, 1.82) is 0 Å². The predicted octanol–water partition coefficient (Wildman–Crippen LogP) is 1.56. The first-order chi connectivity index (χ1) is 4.79. The monoisotopic (exact) mass is 141 g/mol. The fourth-order valence-electron chi connectivity index (χ4n) is 1.85. The van der Waals surface area contributed by atoms with Crippen molar-refractivity contribution in [3.63, 3.8) is 0 Å². The van der Waals surface area contributed by atoms with E-state index in [-0.39, 0.29) is 5.92 Å². The second-order valence-corrected chi connectivity index (χ2v) is 3.17. The maximum atomic E-state index is 13.0. The Labute approximate surface area is 60.5 Å². The molecule has 0 N–H and O–H groups in total. The van der Waals surface area contributed by atoms with Gasteiger partial charge < -0.3 is 4.90 Å². The lowest BCUT2D eigenvalue weighted by molar-refractivity contribution is 0.280. The van der Waals surface area contributed by atoms with Gasteiger partial charge in [0.25, 0.3) is 0 Å². The van der Waals surface area contributed by atoms with Crippen LogP contribution < -0.4 is 0 Å². The van der Waals surface area contributed by atoms with Gasteiger partial charge in [-0.1, -0.05) is 13.0 Å². The number of fused-ring (bicyclic) bond motifs is 1. The van der Waals surface area contributed by atoms with Gasteiger partial charge in [0.15, 0.2) is 0 Å². The minimum absolute atomic E-state index is 0.155. The van der Waals surface area contributed by atoms with Crippen LogP contribution in [0.5, 0.6) is 0 Å². The Morgan fingerprint density at radius 2 is 2.50 bits per heavy atom. The molecule has 0 aromatic rings. The van der Waals surface area contributed by atoms with E-state index in [1.54, 1.807) is 0 Å². The molecule has 1 saturated heterocycles. The van der Waals surface area contributed by atoms with E-state index in [9.17, 15) is 4.39 Å². The quantitative estimate of drug-likeness (QED) is 0.495. The number of hydrogen-bond donors (Lipinski definition) is 0. The van der Waals surface area contributed by atoms with Crippen LogP contribution in [0.3, 0.4) is 0 Å². The van der Waals surface area contributed by atoms with Crippen molar-refractivity contribution < 1.29 is 4.39 Å². The Morgan fingerprint density at radius 1 is 1.70 bits per heavy atom. The molecular weight excluding hydrogens is 129 g/mol. The third kappa shape index (κ3) is 0.678. The Hall–Kier alpha value is -0.530. The SMILES string of the molecule is CC1C2=CCCN2C[C@H]1F. The highest BCUT2D eigenvalue weighted by Gasteiger charge is 2.35. The van der Waals surface area contributed by atoms with Crippen molar-refractivity contribution in [2.24, 2.45) is 5.92 Å². The van der Waals surface area contributed by atoms with Crippen molar-refractivity contribution in [3.8, 4) is 0 Å². The molecule has 0 aromatic carbocycles. The summed E-state index contributed by atoms with van der Waals surface area (Å²) in [5.74, 6) is 0.155. The summed E-state index contributed by atoms with van der Waals surface area (Å²) in [7, 11) is 0. The van der Waals surface area contributed by atoms with E-state index < -0.39 is 6.17 Å². The van der Waals surface area contributed by atoms with Gasteiger partial charge in [-0.25, -0.2) is 4.39 Å². The van der Waals surface area contributed by atoms with Crippen molar-refractivity contribution in [2.75, 3.05) is 13.1 Å². The number of rotatable bonds is 0. The number of nitrogens with zero attached hydrogens (tertiary/aromatic N) is 1. The Bertz CT molecular complexity index is 176. The lowest BCUT2D eigenvalue weighted by Crippen LogP contribution is -2.16. The first-order valence-electron chi connectivity index (χ1n) is 3.88. The highest BCUT2D eigenvalue weighted by molar-refractivity contribution is 5.17. The van der Waals surface area contributed by atoms with E-state index in [1.807, 2.05) is 6.92 Å². The largest absolute Gasteiger partial charge is 0.372 e. The van der Waals surface area contributed by atoms with Crippen LogP contribution in [0, 0.1) is 5.92 Å². The number of hydrogen-bond acceptors (Lipinski definition) is 1. The van der Waals surface area contributed by atoms with Crippen molar-refractivity contribution in [3.05, 3.63) is 11.8 Å². The average Bonchev–Trinajstić information content (AvgIpc) is 2.41. The Kier molecular flexibility index (Phi) is 1.22. The molecule has 1 nitrogen and oxygen atoms in total. The number of halogens is 1. The Morgan fingerprint density at radius 3 is 3.20 bits per heavy atom. The van der Waals surface area contributed by atoms with Crippen LogP contribution in [0.4, 0.5) is 4.39 Å². The fourth-order valence-corrected chi connectivity index (χ4v) is 1.85. The Balaban J connectivity index is 2.22. The van der Waals surface area contributed by atoms with E-state index in [0.29, 0.717) is 6.54 Å². The molecule has 1 unspecified atom stereocenters. The molecule has 0 aromatic heterocycles. The first-order valence-corrected chi connectivity index (χ1v) is 3.88. The highest BCUT2D eigenvalue weighted by atomic mass is 19.1. The maximum absolute atomic E-state index is 13.0. The molecule has 0 radical (unpaired) electrons. The molecule has 56 valence electrons. The number of alkyl halides is 1. The summed E-state index contributed by atoms with van der Waals surface area (Å²) in [4.78, 5) is 2.16. The highest BCUT2D eigenvalue weighted by Crippen LogP contribution is 2.33. The van der Waals surface area contributed by atoms with Gasteiger partial charge in [-0.2, -0.15) is 0 Å². The molecule has 0 amide bonds. The topological polar surface area (TPSA) is 3.24 Å². The summed E-state index contributed by atoms with van der Waals surface area (Å²) in [6.45, 7) is 3.65. The van der Waals surface area contributed by atoms with Crippen LogP contribution in [0.2, 0.25) is 0 Å². The second kappa shape index (κ2) is 1.97. The van der Waals surface area contributed by atoms with Gasteiger partial charge in [0.2, 0.25) is 0 Å². The first kappa shape index (κ1) is 6.20. The average molecular weight is 141 g/mol. The van der Waals surface area contributed by atoms with E-state index in [0.717, 1.165) is 13.0 Å². The lowest BCUT2D eigenvalue weighted by Gasteiger charge is -2.12. The normalized spacial score (nSPS) is 38.2. The third-order valence-electron chi connectivity index (χ3n) is 2.52. The fraction of sp³-hybridized carbons (Fsp3) is 0.750. The zero-order valence-electron chi connectivity index (χ0n) is 6.18. The van der Waals surface area contributed by atoms with Gasteiger partial charge >= 0.3 is 0 Å². The van der Waals surface area contributed by atoms with Crippen molar-refractivity contribution >= 4 is 0 Å². The van der Waals surface area contributed by atoms with Gasteiger partial charge in [-0.15, -0.1) is 0 Å². The zero-order valence-corrected chi connectivity index (χ0v) is 6.18. The van der Waals surface area contributed by atoms with Gasteiger partial charge in [0.05, 0.1) is 0 Å². The molecule has 2 rings (SSSR count). The standard InChI is InChI=1S/C8H12FN/c1-6-7(9)5-10-4-2-3-8(6)10/h3,6-7H,2,4-5H2,1H3/t6?,7-/m1/s1. The maximum Gasteiger partial charge on any atom is 0.125 e. The minimum Gasteiger partial charge on any atom is -0.372 e. The molecule has 2 aliphatic rings. The molecule has 1 fully saturated rings. The molecule has 0 saturated carbocycles. The van der Waals surface area contributed by atoms with E-state index in [4.69, 9.17) is 0 Å². The van der Waals surface area contributed by atoms with Crippen LogP contribution in [-0.4, -0.2) is 24.2 Å². The summed E-state index contributed by atoms with van der Waals surface area (Å²) in [5, 5.41) is 0. The molecule has 2 aliphatic heterocycles. The van der Waals surface area contributed by atoms with Gasteiger partial charge in [0.1, 0.15) is 6.17 Å². The molecule has 2 atom stereocenters. The van der Waals surface area contributed by atoms with Crippen LogP contribution in [-0.2, 0) is 0 Å². The second-order valence-electron chi connectivity index (χ2n) is 3.17. The summed E-state index contributed by atoms with van der Waals surface area (Å²) < 4.78 is 13.0. The van der Waals surface area contributed by atoms with E-state index >= 15 is 0 Å². The van der Waals surface area contributed by atoms with Crippen LogP contribution in [0.25, 0.3) is 0 Å². The van der Waals surface area contributed by atoms with Crippen LogP contribution >= 0.6 is 0 Å². The van der Waals surface area contributed by atoms with Crippen LogP contribution in [0.15, 0.2) is 11.8 Å². The molecule has 0 aliphatic carbocycles. The summed E-state index contributed by atoms with van der Waals surface area (Å²) in [5.41, 5.74) is 1.24. The van der Waals surface area contributed by atoms with E-state index in [1.165, 1.54) is 5.70 Å². The summed E-state index contributed by atoms with van der Waals surface area (Å²) in [6.07, 6.45) is 2.67. The van der Waals surface area contributed by atoms with Crippen LogP contribution in [0.1, 0.15) is 13.3 Å². The molecule has 2 heteroatoms. The van der Waals surface area contributed by atoms with Gasteiger partial charge in [-0.05, 0) is 6.42 Å². The summed E-state index contributed by atoms with van der Waals surface area (Å²) in [6, 6.07) is 0. The molecular formula is C8H12FN. The molecule has 2 heterocycles. The predicted molar refractivity (Wildman–Crippen MR) is 38.3 cm³/mol. The third-order valence-corrected chi connectivity index (χ3v) is 2.52. The van der Waals surface area contributed by atoms with Gasteiger partial charge in [0, 0.05) is 24.7 Å². The van der Waals surface area contributed by atoms with E-state index in [2.05, 4.69) is 11.0 Å². The molecule has 0 bridgehead atoms. The molecule has 10 heavy (non-hydrogen) atoms. The smallest absolute Gasteiger partial charge is 0.125 e. The number of allylic oxidation sites excluding steroid dienone is 1. The molecule has 0 spiro atoms.